The molecule has 0 saturated carbocycles. The summed E-state index contributed by atoms with van der Waals surface area (Å²) in [5.41, 5.74) is 6.74. The van der Waals surface area contributed by atoms with Crippen LogP contribution in [0.4, 0.5) is 5.95 Å². The van der Waals surface area contributed by atoms with Gasteiger partial charge in [0.25, 0.3) is 0 Å². The fourth-order valence-corrected chi connectivity index (χ4v) is 3.22. The zero-order valence-corrected chi connectivity index (χ0v) is 12.9. The summed E-state index contributed by atoms with van der Waals surface area (Å²) in [4.78, 5) is 4.47. The van der Waals surface area contributed by atoms with Crippen molar-refractivity contribution in [2.45, 2.75) is 39.0 Å². The highest BCUT2D eigenvalue weighted by Crippen LogP contribution is 2.36. The Bertz CT molecular complexity index is 705. The van der Waals surface area contributed by atoms with Gasteiger partial charge in [0.1, 0.15) is 16.5 Å². The molecule has 0 bridgehead atoms. The van der Waals surface area contributed by atoms with Crippen LogP contribution in [0.2, 0.25) is 0 Å². The number of nitrogens with zero attached hydrogens (tertiary/aromatic N) is 3. The first-order chi connectivity index (χ1) is 9.52. The Morgan fingerprint density at radius 3 is 2.95 bits per heavy atom. The smallest absolute Gasteiger partial charge is 0.202 e. The lowest BCUT2D eigenvalue weighted by molar-refractivity contribution is -0.00274. The Labute approximate surface area is 123 Å². The van der Waals surface area contributed by atoms with Gasteiger partial charge in [-0.1, -0.05) is 26.1 Å². The number of rotatable bonds is 2. The monoisotopic (exact) mass is 292 g/mol. The zero-order chi connectivity index (χ0) is 14.4. The van der Waals surface area contributed by atoms with Gasteiger partial charge >= 0.3 is 0 Å². The van der Waals surface area contributed by atoms with E-state index >= 15 is 0 Å². The van der Waals surface area contributed by atoms with E-state index in [0.29, 0.717) is 22.6 Å². The van der Waals surface area contributed by atoms with Gasteiger partial charge in [0.2, 0.25) is 5.95 Å². The lowest BCUT2D eigenvalue weighted by Gasteiger charge is -2.15. The first-order valence-electron chi connectivity index (χ1n) is 7.01. The maximum atomic E-state index is 6.13. The molecule has 5 nitrogen and oxygen atoms in total. The van der Waals surface area contributed by atoms with Crippen LogP contribution in [0.15, 0.2) is 12.3 Å². The van der Waals surface area contributed by atoms with Gasteiger partial charge in [-0.25, -0.2) is 0 Å². The molecule has 0 radical (unpaired) electrons. The lowest BCUT2D eigenvalue weighted by Crippen LogP contribution is -2.13. The summed E-state index contributed by atoms with van der Waals surface area (Å²) < 4.78 is 10.6. The second-order valence-corrected chi connectivity index (χ2v) is 5.93. The fraction of sp³-hybridized carbons (Fsp3) is 0.571. The van der Waals surface area contributed by atoms with Gasteiger partial charge in [0.05, 0.1) is 11.5 Å². The zero-order valence-electron chi connectivity index (χ0n) is 12.0. The second-order valence-electron chi connectivity index (χ2n) is 5.54. The molecule has 1 aliphatic rings. The number of ether oxygens (including phenoxy) is 1. The standard InChI is InChI=1S/C14H20N4OS/c1-4-10-8(2)7-11(19-10)18-6-5-9-12(18)16-14(15)17(3)13(9)20/h5-6,8,10-11H,4,7H2,1-3H3,(H2,15,16). The van der Waals surface area contributed by atoms with Crippen molar-refractivity contribution in [2.75, 3.05) is 5.73 Å². The lowest BCUT2D eigenvalue weighted by atomic mass is 10.0. The van der Waals surface area contributed by atoms with Gasteiger partial charge in [-0.15, -0.1) is 0 Å². The van der Waals surface area contributed by atoms with Gasteiger partial charge < -0.3 is 19.6 Å². The van der Waals surface area contributed by atoms with Crippen LogP contribution >= 0.6 is 12.2 Å². The molecule has 2 aromatic rings. The summed E-state index contributed by atoms with van der Waals surface area (Å²) >= 11 is 5.43. The molecule has 1 saturated heterocycles. The Balaban J connectivity index is 2.08. The third-order valence-corrected chi connectivity index (χ3v) is 4.73. The molecule has 108 valence electrons. The van der Waals surface area contributed by atoms with E-state index < -0.39 is 0 Å². The highest BCUT2D eigenvalue weighted by atomic mass is 32.1. The SMILES string of the molecule is CCC1OC(n2ccc3c(=S)n(C)c(N)nc32)CC1C. The molecule has 0 spiro atoms. The molecule has 0 aliphatic carbocycles. The normalized spacial score (nSPS) is 26.4. The number of nitrogen functional groups attached to an aromatic ring is 1. The average Bonchev–Trinajstić information content (AvgIpc) is 2.99. The van der Waals surface area contributed by atoms with E-state index in [4.69, 9.17) is 22.7 Å². The second kappa shape index (κ2) is 4.86. The van der Waals surface area contributed by atoms with Gasteiger partial charge in [-0.3, -0.25) is 0 Å². The first-order valence-corrected chi connectivity index (χ1v) is 7.42. The number of anilines is 1. The summed E-state index contributed by atoms with van der Waals surface area (Å²) in [7, 11) is 1.84. The van der Waals surface area contributed by atoms with Gasteiger partial charge in [0.15, 0.2) is 0 Å². The number of hydrogen-bond donors (Lipinski definition) is 1. The third kappa shape index (κ3) is 1.94. The van der Waals surface area contributed by atoms with Crippen LogP contribution in [0.3, 0.4) is 0 Å². The van der Waals surface area contributed by atoms with E-state index in [-0.39, 0.29) is 6.23 Å². The van der Waals surface area contributed by atoms with E-state index in [2.05, 4.69) is 23.4 Å². The quantitative estimate of drug-likeness (QED) is 0.864. The summed E-state index contributed by atoms with van der Waals surface area (Å²) in [6.45, 7) is 4.40. The Morgan fingerprint density at radius 1 is 1.55 bits per heavy atom. The number of aromatic nitrogens is 3. The predicted octanol–water partition coefficient (Wildman–Crippen LogP) is 3.02. The Kier molecular flexibility index (Phi) is 3.30. The molecule has 0 aromatic carbocycles. The largest absolute Gasteiger partial charge is 0.369 e. The van der Waals surface area contributed by atoms with Crippen molar-refractivity contribution < 1.29 is 4.74 Å². The maximum Gasteiger partial charge on any atom is 0.202 e. The van der Waals surface area contributed by atoms with Crippen molar-refractivity contribution in [3.05, 3.63) is 16.9 Å². The molecule has 3 rings (SSSR count). The van der Waals surface area contributed by atoms with Gasteiger partial charge in [-0.2, -0.15) is 4.98 Å². The van der Waals surface area contributed by atoms with Crippen LogP contribution in [0.5, 0.6) is 0 Å². The van der Waals surface area contributed by atoms with Gasteiger partial charge in [-0.05, 0) is 24.8 Å². The molecule has 6 heteroatoms. The Morgan fingerprint density at radius 2 is 2.30 bits per heavy atom. The van der Waals surface area contributed by atoms with Crippen molar-refractivity contribution in [3.8, 4) is 0 Å². The van der Waals surface area contributed by atoms with Crippen LogP contribution in [-0.2, 0) is 11.8 Å². The molecule has 1 fully saturated rings. The van der Waals surface area contributed by atoms with E-state index in [1.807, 2.05) is 19.3 Å². The Hall–Kier alpha value is -1.40. The summed E-state index contributed by atoms with van der Waals surface area (Å²) in [6, 6.07) is 2.00. The van der Waals surface area contributed by atoms with Crippen molar-refractivity contribution in [3.63, 3.8) is 0 Å². The van der Waals surface area contributed by atoms with Crippen molar-refractivity contribution in [1.29, 1.82) is 0 Å². The number of nitrogens with two attached hydrogens (primary N) is 1. The van der Waals surface area contributed by atoms with Crippen molar-refractivity contribution in [2.24, 2.45) is 13.0 Å². The minimum Gasteiger partial charge on any atom is -0.369 e. The summed E-state index contributed by atoms with van der Waals surface area (Å²) in [5, 5.41) is 0.952. The minimum absolute atomic E-state index is 0.0291. The highest BCUT2D eigenvalue weighted by Gasteiger charge is 2.32. The predicted molar refractivity (Wildman–Crippen MR) is 81.9 cm³/mol. The summed E-state index contributed by atoms with van der Waals surface area (Å²) in [5.74, 6) is 0.989. The molecule has 1 aliphatic heterocycles. The molecule has 3 heterocycles. The molecule has 2 aromatic heterocycles. The molecule has 3 atom stereocenters. The van der Waals surface area contributed by atoms with E-state index in [1.165, 1.54) is 0 Å². The maximum absolute atomic E-state index is 6.13. The van der Waals surface area contributed by atoms with Crippen LogP contribution < -0.4 is 5.73 Å². The van der Waals surface area contributed by atoms with Crippen LogP contribution in [-0.4, -0.2) is 20.2 Å². The van der Waals surface area contributed by atoms with Crippen molar-refractivity contribution >= 4 is 29.2 Å². The van der Waals surface area contributed by atoms with Gasteiger partial charge in [0, 0.05) is 13.2 Å². The van der Waals surface area contributed by atoms with Crippen LogP contribution in [0.1, 0.15) is 32.9 Å². The minimum atomic E-state index is 0.0291. The summed E-state index contributed by atoms with van der Waals surface area (Å²) in [6.07, 6.45) is 4.38. The molecular weight excluding hydrogens is 272 g/mol. The molecule has 0 amide bonds. The van der Waals surface area contributed by atoms with Crippen molar-refractivity contribution in [1.82, 2.24) is 14.1 Å². The van der Waals surface area contributed by atoms with E-state index in [9.17, 15) is 0 Å². The fourth-order valence-electron chi connectivity index (χ4n) is 2.96. The highest BCUT2D eigenvalue weighted by molar-refractivity contribution is 7.71. The molecule has 3 unspecified atom stereocenters. The molecule has 2 N–H and O–H groups in total. The number of fused-ring (bicyclic) bond motifs is 1. The number of hydrogen-bond acceptors (Lipinski definition) is 4. The van der Waals surface area contributed by atoms with E-state index in [1.54, 1.807) is 4.57 Å². The van der Waals surface area contributed by atoms with Crippen LogP contribution in [0, 0.1) is 10.6 Å². The first kappa shape index (κ1) is 13.6. The van der Waals surface area contributed by atoms with Crippen LogP contribution in [0.25, 0.3) is 11.0 Å². The topological polar surface area (TPSA) is 58.0 Å². The van der Waals surface area contributed by atoms with E-state index in [0.717, 1.165) is 23.9 Å². The third-order valence-electron chi connectivity index (χ3n) is 4.24. The molecular formula is C14H20N4OS. The average molecular weight is 292 g/mol. The molecule has 20 heavy (non-hydrogen) atoms.